The Hall–Kier alpha value is -1.97. The first-order chi connectivity index (χ1) is 10.8. The quantitative estimate of drug-likeness (QED) is 0.632. The average Bonchev–Trinajstić information content (AvgIpc) is 2.58. The van der Waals surface area contributed by atoms with Crippen molar-refractivity contribution in [2.75, 3.05) is 7.11 Å². The molecule has 0 saturated heterocycles. The molecule has 1 aromatic heterocycles. The van der Waals surface area contributed by atoms with Gasteiger partial charge in [0.25, 0.3) is 0 Å². The van der Waals surface area contributed by atoms with Gasteiger partial charge < -0.3 is 4.74 Å². The third-order valence-corrected chi connectivity index (χ3v) is 4.07. The van der Waals surface area contributed by atoms with Crippen molar-refractivity contribution < 1.29 is 4.74 Å². The summed E-state index contributed by atoms with van der Waals surface area (Å²) >= 11 is 3.66. The van der Waals surface area contributed by atoms with E-state index in [0.717, 1.165) is 32.6 Å². The van der Waals surface area contributed by atoms with Crippen LogP contribution in [0.4, 0.5) is 0 Å². The molecule has 0 unspecified atom stereocenters. The monoisotopic (exact) mass is 353 g/mol. The molecule has 22 heavy (non-hydrogen) atoms. The van der Waals surface area contributed by atoms with Crippen molar-refractivity contribution in [1.82, 2.24) is 4.98 Å². The van der Waals surface area contributed by atoms with Crippen LogP contribution in [0.1, 0.15) is 5.69 Å². The van der Waals surface area contributed by atoms with Crippen molar-refractivity contribution in [3.63, 3.8) is 0 Å². The van der Waals surface area contributed by atoms with Gasteiger partial charge >= 0.3 is 0 Å². The van der Waals surface area contributed by atoms with E-state index in [9.17, 15) is 0 Å². The second-order valence-corrected chi connectivity index (χ2v) is 5.83. The number of aromatic nitrogens is 1. The van der Waals surface area contributed by atoms with E-state index in [1.807, 2.05) is 36.4 Å². The lowest BCUT2D eigenvalue weighted by molar-refractivity contribution is 0.182. The fourth-order valence-corrected chi connectivity index (χ4v) is 2.99. The van der Waals surface area contributed by atoms with Gasteiger partial charge in [-0.05, 0) is 27.6 Å². The van der Waals surface area contributed by atoms with E-state index in [0.29, 0.717) is 6.61 Å². The summed E-state index contributed by atoms with van der Waals surface area (Å²) in [6.45, 7) is 0.483. The third kappa shape index (κ3) is 3.11. The number of nitrogens with zero attached hydrogens (tertiary/aromatic N) is 1. The summed E-state index contributed by atoms with van der Waals surface area (Å²) in [5.41, 5.74) is 5.20. The van der Waals surface area contributed by atoms with Crippen LogP contribution in [0.2, 0.25) is 0 Å². The molecule has 0 aliphatic carbocycles. The highest BCUT2D eigenvalue weighted by Gasteiger charge is 2.13. The minimum absolute atomic E-state index is 0.483. The molecule has 2 aromatic carbocycles. The lowest BCUT2D eigenvalue weighted by Gasteiger charge is -2.13. The molecule has 3 aromatic rings. The Balaban J connectivity index is 2.15. The van der Waals surface area contributed by atoms with Gasteiger partial charge in [-0.2, -0.15) is 0 Å². The highest BCUT2D eigenvalue weighted by atomic mass is 79.9. The molecule has 0 bridgehead atoms. The van der Waals surface area contributed by atoms with Crippen LogP contribution < -0.4 is 0 Å². The average molecular weight is 354 g/mol. The maximum atomic E-state index is 5.34. The standard InChI is InChI=1S/C19H16BrNO/c1-22-13-18-16(14-8-4-2-5-9-14)12-17(20)19(21-18)15-10-6-3-7-11-15/h2-12H,13H2,1H3. The zero-order valence-electron chi connectivity index (χ0n) is 12.3. The van der Waals surface area contributed by atoms with Crippen molar-refractivity contribution >= 4 is 15.9 Å². The van der Waals surface area contributed by atoms with Crippen LogP contribution in [0, 0.1) is 0 Å². The van der Waals surface area contributed by atoms with E-state index in [-0.39, 0.29) is 0 Å². The number of hydrogen-bond donors (Lipinski definition) is 0. The maximum Gasteiger partial charge on any atom is 0.0890 e. The summed E-state index contributed by atoms with van der Waals surface area (Å²) in [4.78, 5) is 4.84. The van der Waals surface area contributed by atoms with Crippen molar-refractivity contribution in [2.24, 2.45) is 0 Å². The van der Waals surface area contributed by atoms with Gasteiger partial charge in [0, 0.05) is 22.7 Å². The number of hydrogen-bond acceptors (Lipinski definition) is 2. The predicted octanol–water partition coefficient (Wildman–Crippen LogP) is 5.32. The molecular formula is C19H16BrNO. The Bertz CT molecular complexity index is 757. The molecule has 0 fully saturated rings. The Kier molecular flexibility index (Phi) is 4.66. The third-order valence-electron chi connectivity index (χ3n) is 3.47. The van der Waals surface area contributed by atoms with Crippen molar-refractivity contribution in [3.05, 3.63) is 76.9 Å². The van der Waals surface area contributed by atoms with Gasteiger partial charge in [0.1, 0.15) is 0 Å². The Labute approximate surface area is 138 Å². The minimum Gasteiger partial charge on any atom is -0.378 e. The fourth-order valence-electron chi connectivity index (χ4n) is 2.44. The van der Waals surface area contributed by atoms with Gasteiger partial charge in [0.2, 0.25) is 0 Å². The molecule has 0 atom stereocenters. The van der Waals surface area contributed by atoms with E-state index < -0.39 is 0 Å². The summed E-state index contributed by atoms with van der Waals surface area (Å²) in [6, 6.07) is 22.5. The zero-order chi connectivity index (χ0) is 15.4. The first kappa shape index (κ1) is 14.9. The van der Waals surface area contributed by atoms with Crippen LogP contribution >= 0.6 is 15.9 Å². The van der Waals surface area contributed by atoms with Gasteiger partial charge in [0.15, 0.2) is 0 Å². The first-order valence-corrected chi connectivity index (χ1v) is 7.88. The molecule has 3 rings (SSSR count). The molecule has 0 saturated carbocycles. The molecule has 0 amide bonds. The van der Waals surface area contributed by atoms with E-state index in [1.54, 1.807) is 7.11 Å². The summed E-state index contributed by atoms with van der Waals surface area (Å²) in [5.74, 6) is 0. The second kappa shape index (κ2) is 6.86. The molecule has 0 aliphatic rings. The summed E-state index contributed by atoms with van der Waals surface area (Å²) in [6.07, 6.45) is 0. The maximum absolute atomic E-state index is 5.34. The lowest BCUT2D eigenvalue weighted by atomic mass is 10.0. The van der Waals surface area contributed by atoms with Crippen LogP contribution in [-0.2, 0) is 11.3 Å². The molecule has 0 spiro atoms. The van der Waals surface area contributed by atoms with Gasteiger partial charge in [0.05, 0.1) is 18.0 Å². The van der Waals surface area contributed by atoms with Crippen LogP contribution in [0.15, 0.2) is 71.2 Å². The van der Waals surface area contributed by atoms with Crippen molar-refractivity contribution in [3.8, 4) is 22.4 Å². The molecule has 3 heteroatoms. The topological polar surface area (TPSA) is 22.1 Å². The van der Waals surface area contributed by atoms with Crippen LogP contribution in [0.5, 0.6) is 0 Å². The smallest absolute Gasteiger partial charge is 0.0890 e. The normalized spacial score (nSPS) is 10.6. The van der Waals surface area contributed by atoms with Crippen molar-refractivity contribution in [1.29, 1.82) is 0 Å². The lowest BCUT2D eigenvalue weighted by Crippen LogP contribution is -1.99. The Morgan fingerprint density at radius 1 is 0.909 bits per heavy atom. The van der Waals surface area contributed by atoms with E-state index in [1.165, 1.54) is 0 Å². The molecule has 0 aliphatic heterocycles. The summed E-state index contributed by atoms with van der Waals surface area (Å²) in [5, 5.41) is 0. The van der Waals surface area contributed by atoms with Gasteiger partial charge in [-0.1, -0.05) is 60.7 Å². The van der Waals surface area contributed by atoms with Gasteiger partial charge in [-0.15, -0.1) is 0 Å². The summed E-state index contributed by atoms with van der Waals surface area (Å²) < 4.78 is 6.33. The van der Waals surface area contributed by atoms with E-state index in [4.69, 9.17) is 9.72 Å². The number of benzene rings is 2. The molecule has 1 heterocycles. The molecule has 0 radical (unpaired) electrons. The largest absolute Gasteiger partial charge is 0.378 e. The summed E-state index contributed by atoms with van der Waals surface area (Å²) in [7, 11) is 1.70. The Morgan fingerprint density at radius 2 is 1.50 bits per heavy atom. The predicted molar refractivity (Wildman–Crippen MR) is 93.5 cm³/mol. The molecule has 2 nitrogen and oxygen atoms in total. The molecule has 110 valence electrons. The van der Waals surface area contributed by atoms with E-state index in [2.05, 4.69) is 46.3 Å². The van der Waals surface area contributed by atoms with Crippen molar-refractivity contribution in [2.45, 2.75) is 6.61 Å². The first-order valence-electron chi connectivity index (χ1n) is 7.09. The zero-order valence-corrected chi connectivity index (χ0v) is 13.9. The van der Waals surface area contributed by atoms with E-state index >= 15 is 0 Å². The van der Waals surface area contributed by atoms with Gasteiger partial charge in [-0.3, -0.25) is 0 Å². The fraction of sp³-hybridized carbons (Fsp3) is 0.105. The second-order valence-electron chi connectivity index (χ2n) is 4.98. The highest BCUT2D eigenvalue weighted by molar-refractivity contribution is 9.10. The number of halogens is 1. The highest BCUT2D eigenvalue weighted by Crippen LogP contribution is 2.33. The number of pyridine rings is 1. The number of rotatable bonds is 4. The number of methoxy groups -OCH3 is 1. The van der Waals surface area contributed by atoms with Crippen LogP contribution in [0.3, 0.4) is 0 Å². The van der Waals surface area contributed by atoms with Crippen LogP contribution in [-0.4, -0.2) is 12.1 Å². The van der Waals surface area contributed by atoms with Gasteiger partial charge in [-0.25, -0.2) is 4.98 Å². The minimum atomic E-state index is 0.483. The SMILES string of the molecule is COCc1nc(-c2ccccc2)c(Br)cc1-c1ccccc1. The van der Waals surface area contributed by atoms with Crippen LogP contribution in [0.25, 0.3) is 22.4 Å². The molecular weight excluding hydrogens is 338 g/mol. The number of ether oxygens (including phenoxy) is 1. The Morgan fingerprint density at radius 3 is 2.09 bits per heavy atom. The molecule has 0 N–H and O–H groups in total.